The number of likely N-dealkylation sites (N-methyl/N-ethyl adjacent to an activating group) is 1. The lowest BCUT2D eigenvalue weighted by atomic mass is 10.0. The number of hydrogen-bond acceptors (Lipinski definition) is 3. The Morgan fingerprint density at radius 3 is 2.90 bits per heavy atom. The molecular weight excluding hydrogens is 259 g/mol. The summed E-state index contributed by atoms with van der Waals surface area (Å²) in [6.45, 7) is 2.32. The van der Waals surface area contributed by atoms with Crippen molar-refractivity contribution in [1.29, 1.82) is 0 Å². The average molecular weight is 276 g/mol. The molecule has 5 nitrogen and oxygen atoms in total. The first-order valence-corrected chi connectivity index (χ1v) is 6.65. The summed E-state index contributed by atoms with van der Waals surface area (Å²) in [5, 5.41) is 0. The van der Waals surface area contributed by atoms with Crippen molar-refractivity contribution < 1.29 is 9.18 Å². The molecule has 2 heterocycles. The second-order valence-corrected chi connectivity index (χ2v) is 5.40. The van der Waals surface area contributed by atoms with Gasteiger partial charge in [0.05, 0.1) is 17.1 Å². The minimum atomic E-state index is -0.280. The van der Waals surface area contributed by atoms with Crippen molar-refractivity contribution in [3.63, 3.8) is 0 Å². The van der Waals surface area contributed by atoms with Crippen LogP contribution >= 0.6 is 0 Å². The van der Waals surface area contributed by atoms with Crippen LogP contribution in [0.2, 0.25) is 0 Å². The summed E-state index contributed by atoms with van der Waals surface area (Å²) in [6, 6.07) is 3.27. The van der Waals surface area contributed by atoms with Gasteiger partial charge in [-0.2, -0.15) is 0 Å². The first-order chi connectivity index (χ1) is 9.47. The van der Waals surface area contributed by atoms with Gasteiger partial charge in [0.1, 0.15) is 5.82 Å². The van der Waals surface area contributed by atoms with Gasteiger partial charge < -0.3 is 15.2 Å². The number of carbonyl (C=O) groups excluding carboxylic acids is 1. The van der Waals surface area contributed by atoms with Crippen LogP contribution in [0.5, 0.6) is 0 Å². The van der Waals surface area contributed by atoms with E-state index in [2.05, 4.69) is 4.98 Å². The topological polar surface area (TPSA) is 64.1 Å². The number of anilines is 1. The van der Waals surface area contributed by atoms with Crippen LogP contribution in [0, 0.1) is 12.7 Å². The molecule has 0 bridgehead atoms. The zero-order valence-electron chi connectivity index (χ0n) is 11.6. The largest absolute Gasteiger partial charge is 0.369 e. The first-order valence-electron chi connectivity index (χ1n) is 6.65. The zero-order chi connectivity index (χ0) is 14.4. The Labute approximate surface area is 116 Å². The average Bonchev–Trinajstić information content (AvgIpc) is 2.69. The lowest BCUT2D eigenvalue weighted by Crippen LogP contribution is -2.38. The zero-order valence-corrected chi connectivity index (χ0v) is 11.6. The molecule has 0 aliphatic carbocycles. The number of nitrogen functional groups attached to an aromatic ring is 1. The van der Waals surface area contributed by atoms with Gasteiger partial charge in [-0.25, -0.2) is 9.37 Å². The van der Waals surface area contributed by atoms with Gasteiger partial charge >= 0.3 is 0 Å². The molecule has 1 aromatic carbocycles. The summed E-state index contributed by atoms with van der Waals surface area (Å²) < 4.78 is 15.5. The number of aryl methyl sites for hydroxylation is 1. The van der Waals surface area contributed by atoms with Gasteiger partial charge in [0.15, 0.2) is 0 Å². The van der Waals surface area contributed by atoms with Crippen molar-refractivity contribution in [2.75, 3.05) is 19.3 Å². The molecular formula is C14H17FN4O. The van der Waals surface area contributed by atoms with E-state index in [1.165, 1.54) is 6.07 Å². The number of benzene rings is 1. The van der Waals surface area contributed by atoms with E-state index in [4.69, 9.17) is 5.73 Å². The SMILES string of the molecule is Cc1cc2c(cc1F)nc(N)n2C1CCC(=O)N(C)C1. The number of nitrogens with zero attached hydrogens (tertiary/aromatic N) is 3. The molecule has 1 atom stereocenters. The second-order valence-electron chi connectivity index (χ2n) is 5.40. The molecule has 1 aliphatic heterocycles. The van der Waals surface area contributed by atoms with Crippen LogP contribution in [0.15, 0.2) is 12.1 Å². The minimum absolute atomic E-state index is 0.0903. The molecule has 1 amide bonds. The van der Waals surface area contributed by atoms with Crippen molar-refractivity contribution in [2.24, 2.45) is 0 Å². The Bertz CT molecular complexity index is 694. The van der Waals surface area contributed by atoms with Crippen LogP contribution in [0.4, 0.5) is 10.3 Å². The van der Waals surface area contributed by atoms with Crippen molar-refractivity contribution in [3.8, 4) is 0 Å². The maximum Gasteiger partial charge on any atom is 0.222 e. The lowest BCUT2D eigenvalue weighted by molar-refractivity contribution is -0.132. The van der Waals surface area contributed by atoms with Gasteiger partial charge in [-0.3, -0.25) is 4.79 Å². The second kappa shape index (κ2) is 4.47. The van der Waals surface area contributed by atoms with E-state index in [1.54, 1.807) is 24.9 Å². The number of nitrogens with two attached hydrogens (primary N) is 1. The maximum absolute atomic E-state index is 13.6. The Balaban J connectivity index is 2.09. The van der Waals surface area contributed by atoms with Crippen molar-refractivity contribution in [3.05, 3.63) is 23.5 Å². The molecule has 6 heteroatoms. The van der Waals surface area contributed by atoms with Crippen molar-refractivity contribution >= 4 is 22.9 Å². The molecule has 0 radical (unpaired) electrons. The molecule has 0 saturated carbocycles. The van der Waals surface area contributed by atoms with Crippen LogP contribution in [0.25, 0.3) is 11.0 Å². The fourth-order valence-electron chi connectivity index (χ4n) is 2.82. The number of carbonyl (C=O) groups is 1. The minimum Gasteiger partial charge on any atom is -0.369 e. The number of amides is 1. The van der Waals surface area contributed by atoms with Crippen LogP contribution < -0.4 is 5.73 Å². The van der Waals surface area contributed by atoms with E-state index in [9.17, 15) is 9.18 Å². The van der Waals surface area contributed by atoms with Gasteiger partial charge in [-0.05, 0) is 25.0 Å². The van der Waals surface area contributed by atoms with Gasteiger partial charge in [0.25, 0.3) is 0 Å². The lowest BCUT2D eigenvalue weighted by Gasteiger charge is -2.31. The molecule has 106 valence electrons. The third-order valence-electron chi connectivity index (χ3n) is 3.96. The van der Waals surface area contributed by atoms with E-state index in [-0.39, 0.29) is 17.8 Å². The number of rotatable bonds is 1. The highest BCUT2D eigenvalue weighted by Crippen LogP contribution is 2.30. The Kier molecular flexibility index (Phi) is 2.88. The normalized spacial score (nSPS) is 19.9. The van der Waals surface area contributed by atoms with E-state index in [0.717, 1.165) is 11.9 Å². The summed E-state index contributed by atoms with van der Waals surface area (Å²) in [5.74, 6) is 0.238. The number of fused-ring (bicyclic) bond motifs is 1. The molecule has 2 N–H and O–H groups in total. The number of likely N-dealkylation sites (tertiary alicyclic amines) is 1. The van der Waals surface area contributed by atoms with E-state index >= 15 is 0 Å². The predicted molar refractivity (Wildman–Crippen MR) is 74.7 cm³/mol. The number of halogens is 1. The molecule has 20 heavy (non-hydrogen) atoms. The molecule has 1 aliphatic rings. The van der Waals surface area contributed by atoms with Crippen LogP contribution in [-0.2, 0) is 4.79 Å². The van der Waals surface area contributed by atoms with E-state index < -0.39 is 0 Å². The van der Waals surface area contributed by atoms with Crippen LogP contribution in [0.3, 0.4) is 0 Å². The Hall–Kier alpha value is -2.11. The van der Waals surface area contributed by atoms with Crippen molar-refractivity contribution in [2.45, 2.75) is 25.8 Å². The van der Waals surface area contributed by atoms with Crippen LogP contribution in [0.1, 0.15) is 24.4 Å². The molecule has 1 saturated heterocycles. The fraction of sp³-hybridized carbons (Fsp3) is 0.429. The molecule has 1 aromatic heterocycles. The van der Waals surface area contributed by atoms with Gasteiger partial charge in [0, 0.05) is 26.1 Å². The molecule has 2 aromatic rings. The Morgan fingerprint density at radius 2 is 2.20 bits per heavy atom. The molecule has 1 unspecified atom stereocenters. The number of aromatic nitrogens is 2. The highest BCUT2D eigenvalue weighted by Gasteiger charge is 2.27. The number of hydrogen-bond donors (Lipinski definition) is 1. The fourth-order valence-corrected chi connectivity index (χ4v) is 2.82. The molecule has 3 rings (SSSR count). The highest BCUT2D eigenvalue weighted by molar-refractivity contribution is 5.80. The van der Waals surface area contributed by atoms with E-state index in [1.807, 2.05) is 4.57 Å². The third kappa shape index (κ3) is 1.92. The first kappa shape index (κ1) is 12.9. The Morgan fingerprint density at radius 1 is 1.45 bits per heavy atom. The monoisotopic (exact) mass is 276 g/mol. The summed E-state index contributed by atoms with van der Waals surface area (Å²) in [4.78, 5) is 17.5. The molecule has 0 spiro atoms. The highest BCUT2D eigenvalue weighted by atomic mass is 19.1. The number of imidazole rings is 1. The summed E-state index contributed by atoms with van der Waals surface area (Å²) in [6.07, 6.45) is 1.23. The quantitative estimate of drug-likeness (QED) is 0.864. The van der Waals surface area contributed by atoms with Crippen LogP contribution in [-0.4, -0.2) is 34.0 Å². The van der Waals surface area contributed by atoms with Crippen molar-refractivity contribution in [1.82, 2.24) is 14.5 Å². The summed E-state index contributed by atoms with van der Waals surface area (Å²) in [7, 11) is 1.79. The maximum atomic E-state index is 13.6. The smallest absolute Gasteiger partial charge is 0.222 e. The van der Waals surface area contributed by atoms with Gasteiger partial charge in [-0.1, -0.05) is 0 Å². The third-order valence-corrected chi connectivity index (χ3v) is 3.96. The van der Waals surface area contributed by atoms with Gasteiger partial charge in [-0.15, -0.1) is 0 Å². The molecule has 1 fully saturated rings. The summed E-state index contributed by atoms with van der Waals surface area (Å²) in [5.41, 5.74) is 7.95. The number of piperidine rings is 1. The van der Waals surface area contributed by atoms with Gasteiger partial charge in [0.2, 0.25) is 11.9 Å². The standard InChI is InChI=1S/C14H17FN4O/c1-8-5-12-11(6-10(8)15)17-14(16)19(12)9-3-4-13(20)18(2)7-9/h5-6,9H,3-4,7H2,1-2H3,(H2,16,17). The summed E-state index contributed by atoms with van der Waals surface area (Å²) >= 11 is 0. The van der Waals surface area contributed by atoms with E-state index in [0.29, 0.717) is 30.0 Å². The predicted octanol–water partition coefficient (Wildman–Crippen LogP) is 1.86.